The number of nitriles is 1. The van der Waals surface area contributed by atoms with Crippen molar-refractivity contribution in [2.45, 2.75) is 30.8 Å². The van der Waals surface area contributed by atoms with Gasteiger partial charge in [0.05, 0.1) is 18.7 Å². The number of hydrogen-bond donors (Lipinski definition) is 1. The van der Waals surface area contributed by atoms with Crippen LogP contribution in [0.25, 0.3) is 11.1 Å². The van der Waals surface area contributed by atoms with Crippen molar-refractivity contribution < 1.29 is 14.7 Å². The molecule has 2 aromatic carbocycles. The van der Waals surface area contributed by atoms with Gasteiger partial charge in [0.2, 0.25) is 5.91 Å². The van der Waals surface area contributed by atoms with Gasteiger partial charge in [-0.15, -0.1) is 0 Å². The van der Waals surface area contributed by atoms with Crippen molar-refractivity contribution in [2.75, 3.05) is 20.7 Å². The van der Waals surface area contributed by atoms with E-state index in [4.69, 9.17) is 0 Å². The molecule has 6 heteroatoms. The summed E-state index contributed by atoms with van der Waals surface area (Å²) in [5, 5.41) is 19.9. The predicted octanol–water partition coefficient (Wildman–Crippen LogP) is 2.64. The van der Waals surface area contributed by atoms with E-state index in [1.54, 1.807) is 25.1 Å². The van der Waals surface area contributed by atoms with Crippen molar-refractivity contribution >= 4 is 11.8 Å². The zero-order valence-corrected chi connectivity index (χ0v) is 17.2. The van der Waals surface area contributed by atoms with Crippen molar-refractivity contribution in [3.8, 4) is 17.2 Å². The van der Waals surface area contributed by atoms with Crippen LogP contribution < -0.4 is 0 Å². The monoisotopic (exact) mass is 403 g/mol. The van der Waals surface area contributed by atoms with Gasteiger partial charge in [-0.05, 0) is 41.7 Å². The summed E-state index contributed by atoms with van der Waals surface area (Å²) in [7, 11) is 3.43. The van der Waals surface area contributed by atoms with Crippen molar-refractivity contribution in [1.82, 2.24) is 9.80 Å². The quantitative estimate of drug-likeness (QED) is 0.832. The molecule has 0 unspecified atom stereocenters. The maximum absolute atomic E-state index is 12.7. The second kappa shape index (κ2) is 7.92. The average molecular weight is 403 g/mol. The van der Waals surface area contributed by atoms with E-state index in [0.717, 1.165) is 29.5 Å². The molecule has 0 radical (unpaired) electrons. The molecule has 0 spiro atoms. The fraction of sp³-hybridized carbons (Fsp3) is 0.375. The predicted molar refractivity (Wildman–Crippen MR) is 112 cm³/mol. The molecular formula is C24H25N3O3. The summed E-state index contributed by atoms with van der Waals surface area (Å²) >= 11 is 0. The van der Waals surface area contributed by atoms with E-state index < -0.39 is 12.1 Å². The van der Waals surface area contributed by atoms with E-state index in [1.807, 2.05) is 42.5 Å². The maximum Gasteiger partial charge on any atom is 0.253 e. The van der Waals surface area contributed by atoms with Gasteiger partial charge < -0.3 is 14.9 Å². The van der Waals surface area contributed by atoms with Gasteiger partial charge in [-0.3, -0.25) is 9.59 Å². The summed E-state index contributed by atoms with van der Waals surface area (Å²) in [4.78, 5) is 28.2. The number of rotatable bonds is 5. The highest BCUT2D eigenvalue weighted by atomic mass is 16.3. The summed E-state index contributed by atoms with van der Waals surface area (Å²) in [5.74, 6) is -0.373. The number of aliphatic hydroxyl groups is 1. The van der Waals surface area contributed by atoms with Crippen LogP contribution in [0.4, 0.5) is 0 Å². The van der Waals surface area contributed by atoms with Crippen molar-refractivity contribution in [1.29, 1.82) is 5.26 Å². The Balaban J connectivity index is 1.72. The molecule has 30 heavy (non-hydrogen) atoms. The van der Waals surface area contributed by atoms with Crippen LogP contribution in [0.5, 0.6) is 0 Å². The van der Waals surface area contributed by atoms with E-state index in [-0.39, 0.29) is 30.3 Å². The lowest BCUT2D eigenvalue weighted by Gasteiger charge is -2.52. The van der Waals surface area contributed by atoms with Gasteiger partial charge in [-0.1, -0.05) is 36.4 Å². The van der Waals surface area contributed by atoms with E-state index in [0.29, 0.717) is 5.56 Å². The van der Waals surface area contributed by atoms with Gasteiger partial charge in [-0.25, -0.2) is 0 Å². The minimum absolute atomic E-state index is 0.000166. The molecule has 6 nitrogen and oxygen atoms in total. The van der Waals surface area contributed by atoms with Crippen LogP contribution in [0.1, 0.15) is 34.7 Å². The highest BCUT2D eigenvalue weighted by molar-refractivity contribution is 5.95. The zero-order valence-electron chi connectivity index (χ0n) is 17.2. The van der Waals surface area contributed by atoms with Crippen LogP contribution in [0.2, 0.25) is 0 Å². The third kappa shape index (κ3) is 3.35. The number of amides is 2. The smallest absolute Gasteiger partial charge is 0.253 e. The number of nitrogens with zero attached hydrogens (tertiary/aromatic N) is 3. The lowest BCUT2D eigenvalue weighted by Crippen LogP contribution is -2.65. The van der Waals surface area contributed by atoms with Crippen LogP contribution in [-0.4, -0.2) is 59.5 Å². The topological polar surface area (TPSA) is 84.6 Å². The fourth-order valence-corrected chi connectivity index (χ4v) is 4.35. The molecule has 1 aliphatic heterocycles. The van der Waals surface area contributed by atoms with Crippen LogP contribution in [0.15, 0.2) is 48.5 Å². The van der Waals surface area contributed by atoms with E-state index >= 15 is 0 Å². The molecule has 4 rings (SSSR count). The SMILES string of the molecule is CN(C)C(=O)c1cccc(-c2ccccc2[C@H]2[C@@H](C#N)N(C(=O)C3CC3)[C@H]2CO)c1. The maximum atomic E-state index is 12.7. The Morgan fingerprint density at radius 1 is 1.17 bits per heavy atom. The zero-order chi connectivity index (χ0) is 21.4. The fourth-order valence-electron chi connectivity index (χ4n) is 4.35. The van der Waals surface area contributed by atoms with Crippen molar-refractivity contribution in [2.24, 2.45) is 5.92 Å². The molecule has 2 amide bonds. The number of likely N-dealkylation sites (tertiary alicyclic amines) is 1. The summed E-state index contributed by atoms with van der Waals surface area (Å²) in [6.45, 7) is -0.186. The van der Waals surface area contributed by atoms with Gasteiger partial charge >= 0.3 is 0 Å². The van der Waals surface area contributed by atoms with Gasteiger partial charge in [0.15, 0.2) is 0 Å². The summed E-state index contributed by atoms with van der Waals surface area (Å²) in [6, 6.07) is 16.4. The molecule has 2 aliphatic rings. The Morgan fingerprint density at radius 2 is 1.90 bits per heavy atom. The van der Waals surface area contributed by atoms with Crippen LogP contribution in [-0.2, 0) is 4.79 Å². The summed E-state index contributed by atoms with van der Waals surface area (Å²) < 4.78 is 0. The standard InChI is InChI=1S/C24H25N3O3/c1-26(2)23(29)17-7-5-6-16(12-17)18-8-3-4-9-19(18)22-20(13-25)27(21(22)14-28)24(30)15-10-11-15/h3-9,12,15,20-22,28H,10-11,14H2,1-2H3/t20-,21+,22+/m1/s1. The molecule has 1 saturated heterocycles. The molecular weight excluding hydrogens is 378 g/mol. The first-order valence-corrected chi connectivity index (χ1v) is 10.2. The summed E-state index contributed by atoms with van der Waals surface area (Å²) in [5.41, 5.74) is 3.28. The largest absolute Gasteiger partial charge is 0.394 e. The first kappa shape index (κ1) is 20.1. The first-order chi connectivity index (χ1) is 14.5. The second-order valence-electron chi connectivity index (χ2n) is 8.24. The van der Waals surface area contributed by atoms with E-state index in [2.05, 4.69) is 6.07 Å². The molecule has 1 N–H and O–H groups in total. The van der Waals surface area contributed by atoms with E-state index in [1.165, 1.54) is 4.90 Å². The van der Waals surface area contributed by atoms with Crippen molar-refractivity contribution in [3.05, 3.63) is 59.7 Å². The van der Waals surface area contributed by atoms with Crippen LogP contribution >= 0.6 is 0 Å². The van der Waals surface area contributed by atoms with Crippen LogP contribution in [0.3, 0.4) is 0 Å². The number of aliphatic hydroxyl groups excluding tert-OH is 1. The number of carbonyl (C=O) groups excluding carboxylic acids is 2. The lowest BCUT2D eigenvalue weighted by molar-refractivity contribution is -0.148. The van der Waals surface area contributed by atoms with Crippen molar-refractivity contribution in [3.63, 3.8) is 0 Å². The molecule has 1 aliphatic carbocycles. The average Bonchev–Trinajstić information content (AvgIpc) is 3.59. The third-order valence-electron chi connectivity index (χ3n) is 6.06. The third-order valence-corrected chi connectivity index (χ3v) is 6.06. The van der Waals surface area contributed by atoms with Gasteiger partial charge in [-0.2, -0.15) is 5.26 Å². The molecule has 0 bridgehead atoms. The number of carbonyl (C=O) groups is 2. The molecule has 3 atom stereocenters. The highest BCUT2D eigenvalue weighted by Crippen LogP contribution is 2.46. The lowest BCUT2D eigenvalue weighted by atomic mass is 9.73. The Kier molecular flexibility index (Phi) is 5.31. The molecule has 1 saturated carbocycles. The molecule has 1 heterocycles. The number of benzene rings is 2. The second-order valence-corrected chi connectivity index (χ2v) is 8.24. The summed E-state index contributed by atoms with van der Waals surface area (Å²) in [6.07, 6.45) is 1.72. The minimum atomic E-state index is -0.594. The highest BCUT2D eigenvalue weighted by Gasteiger charge is 2.54. The number of hydrogen-bond acceptors (Lipinski definition) is 4. The Morgan fingerprint density at radius 3 is 2.53 bits per heavy atom. The van der Waals surface area contributed by atoms with Gasteiger partial charge in [0.25, 0.3) is 5.91 Å². The Bertz CT molecular complexity index is 1020. The van der Waals surface area contributed by atoms with Gasteiger partial charge in [0, 0.05) is 31.5 Å². The molecule has 154 valence electrons. The molecule has 2 fully saturated rings. The van der Waals surface area contributed by atoms with Gasteiger partial charge in [0.1, 0.15) is 6.04 Å². The molecule has 0 aromatic heterocycles. The first-order valence-electron chi connectivity index (χ1n) is 10.2. The van der Waals surface area contributed by atoms with E-state index in [9.17, 15) is 20.0 Å². The Hall–Kier alpha value is -3.17. The molecule has 2 aromatic rings. The normalized spacial score (nSPS) is 22.7. The Labute approximate surface area is 176 Å². The minimum Gasteiger partial charge on any atom is -0.394 e. The van der Waals surface area contributed by atoms with Crippen LogP contribution in [0, 0.1) is 17.2 Å².